The molecule has 4 heteroatoms. The second-order valence-corrected chi connectivity index (χ2v) is 15.3. The van der Waals surface area contributed by atoms with Crippen molar-refractivity contribution in [2.24, 2.45) is 0 Å². The first-order valence-electron chi connectivity index (χ1n) is 19.8. The largest absolute Gasteiger partial charge is 0.308 e. The van der Waals surface area contributed by atoms with E-state index in [1.807, 2.05) is 0 Å². The first-order valence-corrected chi connectivity index (χ1v) is 19.8. The molecule has 0 aliphatic carbocycles. The molecule has 0 radical (unpaired) electrons. The van der Waals surface area contributed by atoms with Gasteiger partial charge in [-0.1, -0.05) is 164 Å². The van der Waals surface area contributed by atoms with Crippen LogP contribution in [0.1, 0.15) is 0 Å². The topological polar surface area (TPSA) is 35.1 Å². The fourth-order valence-electron chi connectivity index (χ4n) is 9.78. The zero-order valence-corrected chi connectivity index (χ0v) is 31.3. The number of rotatable bonds is 4. The van der Waals surface area contributed by atoms with Crippen molar-refractivity contribution in [3.63, 3.8) is 0 Å². The maximum atomic E-state index is 5.59. The van der Waals surface area contributed by atoms with E-state index in [0.717, 1.165) is 55.1 Å². The van der Waals surface area contributed by atoms with Gasteiger partial charge < -0.3 is 4.40 Å². The van der Waals surface area contributed by atoms with Crippen LogP contribution in [0.2, 0.25) is 0 Å². The minimum atomic E-state index is 0.655. The molecule has 0 aliphatic heterocycles. The highest BCUT2D eigenvalue weighted by Crippen LogP contribution is 2.45. The molecule has 13 rings (SSSR count). The normalized spacial score (nSPS) is 12.1. The molecule has 0 saturated heterocycles. The number of fused-ring (bicyclic) bond motifs is 8. The smallest absolute Gasteiger partial charge is 0.235 e. The van der Waals surface area contributed by atoms with Crippen molar-refractivity contribution < 1.29 is 0 Å². The van der Waals surface area contributed by atoms with Crippen molar-refractivity contribution >= 4 is 81.6 Å². The molecular formula is C54H32N4. The lowest BCUT2D eigenvalue weighted by Gasteiger charge is -2.16. The Kier molecular flexibility index (Phi) is 6.41. The Morgan fingerprint density at radius 3 is 1.66 bits per heavy atom. The first kappa shape index (κ1) is 31.4. The average molecular weight is 737 g/mol. The molecule has 0 N–H and O–H groups in total. The minimum Gasteiger partial charge on any atom is -0.308 e. The van der Waals surface area contributed by atoms with Crippen molar-refractivity contribution in [3.05, 3.63) is 194 Å². The van der Waals surface area contributed by atoms with Gasteiger partial charge in [-0.05, 0) is 63.4 Å². The standard InChI is InChI=1S/C54H32N4/c1-3-14-33(15-4-1)34-28-30-35(31-29-34)43-32-44-51(36-16-5-2-6-17-36)55-54(56-52(44)40-20-8-7-18-37(40)43)58-46-25-12-21-39-42-23-11-22-41-38-19-9-10-24-45(38)57(53(41)42)47-26-13-27-48(58)50(47)49(39)46/h1-32H. The molecule has 58 heavy (non-hydrogen) atoms. The Labute approximate surface area is 332 Å². The SMILES string of the molecule is c1ccc(-c2ccc(-c3cc4c(-c5ccccc5)nc(-n5c6cccc7c8cccc9c%10ccccc%10n(c%10cccc5c%10c76)c89)nc4c4ccccc34)cc2)cc1. The molecular weight excluding hydrogens is 705 g/mol. The van der Waals surface area contributed by atoms with Crippen LogP contribution in [-0.2, 0) is 0 Å². The van der Waals surface area contributed by atoms with Crippen LogP contribution in [0.3, 0.4) is 0 Å². The predicted molar refractivity (Wildman–Crippen MR) is 242 cm³/mol. The summed E-state index contributed by atoms with van der Waals surface area (Å²) in [5, 5.41) is 10.7. The Morgan fingerprint density at radius 1 is 0.328 bits per heavy atom. The number of aromatic nitrogens is 4. The highest BCUT2D eigenvalue weighted by molar-refractivity contribution is 6.31. The van der Waals surface area contributed by atoms with E-state index in [-0.39, 0.29) is 0 Å². The van der Waals surface area contributed by atoms with E-state index in [1.165, 1.54) is 60.0 Å². The molecule has 0 bridgehead atoms. The van der Waals surface area contributed by atoms with Crippen molar-refractivity contribution in [2.45, 2.75) is 0 Å². The summed E-state index contributed by atoms with van der Waals surface area (Å²) >= 11 is 0. The summed E-state index contributed by atoms with van der Waals surface area (Å²) in [6, 6.07) is 70.0. The third-order valence-electron chi connectivity index (χ3n) is 12.3. The van der Waals surface area contributed by atoms with Crippen molar-refractivity contribution in [3.8, 4) is 39.5 Å². The number of hydrogen-bond donors (Lipinski definition) is 0. The van der Waals surface area contributed by atoms with Crippen molar-refractivity contribution in [2.75, 3.05) is 0 Å². The van der Waals surface area contributed by atoms with Gasteiger partial charge in [0, 0.05) is 43.3 Å². The molecule has 4 heterocycles. The van der Waals surface area contributed by atoms with E-state index in [0.29, 0.717) is 5.95 Å². The van der Waals surface area contributed by atoms with E-state index in [9.17, 15) is 0 Å². The van der Waals surface area contributed by atoms with Gasteiger partial charge in [0.2, 0.25) is 5.95 Å². The fourth-order valence-corrected chi connectivity index (χ4v) is 9.78. The molecule has 9 aromatic carbocycles. The van der Waals surface area contributed by atoms with Crippen LogP contribution in [0.15, 0.2) is 194 Å². The molecule has 0 fully saturated rings. The van der Waals surface area contributed by atoms with Crippen molar-refractivity contribution in [1.29, 1.82) is 0 Å². The zero-order valence-electron chi connectivity index (χ0n) is 31.3. The van der Waals surface area contributed by atoms with E-state index in [2.05, 4.69) is 203 Å². The molecule has 0 amide bonds. The van der Waals surface area contributed by atoms with Crippen LogP contribution < -0.4 is 0 Å². The highest BCUT2D eigenvalue weighted by atomic mass is 15.2. The van der Waals surface area contributed by atoms with E-state index < -0.39 is 0 Å². The molecule has 4 aromatic heterocycles. The lowest BCUT2D eigenvalue weighted by molar-refractivity contribution is 1.02. The summed E-state index contributed by atoms with van der Waals surface area (Å²) in [5.41, 5.74) is 13.4. The second kappa shape index (κ2) is 11.8. The summed E-state index contributed by atoms with van der Waals surface area (Å²) in [5.74, 6) is 0.655. The quantitative estimate of drug-likeness (QED) is 0.169. The van der Waals surface area contributed by atoms with E-state index in [1.54, 1.807) is 0 Å². The van der Waals surface area contributed by atoms with Gasteiger partial charge in [0.15, 0.2) is 0 Å². The second-order valence-electron chi connectivity index (χ2n) is 15.3. The van der Waals surface area contributed by atoms with Gasteiger partial charge in [0.1, 0.15) is 0 Å². The summed E-state index contributed by atoms with van der Waals surface area (Å²) < 4.78 is 4.77. The number of para-hydroxylation sites is 2. The Bertz CT molecular complexity index is 3770. The van der Waals surface area contributed by atoms with Gasteiger partial charge in [-0.2, -0.15) is 0 Å². The van der Waals surface area contributed by atoms with Gasteiger partial charge in [0.25, 0.3) is 0 Å². The first-order chi connectivity index (χ1) is 28.8. The maximum Gasteiger partial charge on any atom is 0.235 e. The van der Waals surface area contributed by atoms with Crippen LogP contribution in [0.5, 0.6) is 0 Å². The van der Waals surface area contributed by atoms with Crippen molar-refractivity contribution in [1.82, 2.24) is 18.9 Å². The monoisotopic (exact) mass is 736 g/mol. The highest BCUT2D eigenvalue weighted by Gasteiger charge is 2.24. The average Bonchev–Trinajstić information content (AvgIpc) is 3.78. The van der Waals surface area contributed by atoms with Gasteiger partial charge in [-0.15, -0.1) is 0 Å². The Hall–Kier alpha value is -7.82. The molecule has 13 aromatic rings. The zero-order chi connectivity index (χ0) is 37.9. The molecule has 0 unspecified atom stereocenters. The van der Waals surface area contributed by atoms with Gasteiger partial charge >= 0.3 is 0 Å². The molecule has 0 saturated carbocycles. The van der Waals surface area contributed by atoms with E-state index >= 15 is 0 Å². The third kappa shape index (κ3) is 4.29. The molecule has 268 valence electrons. The summed E-state index contributed by atoms with van der Waals surface area (Å²) in [4.78, 5) is 11.2. The molecule has 4 nitrogen and oxygen atoms in total. The molecule has 0 atom stereocenters. The fraction of sp³-hybridized carbons (Fsp3) is 0. The van der Waals surface area contributed by atoms with Crippen LogP contribution in [0.4, 0.5) is 0 Å². The number of hydrogen-bond acceptors (Lipinski definition) is 2. The van der Waals surface area contributed by atoms with E-state index in [4.69, 9.17) is 9.97 Å². The number of nitrogens with zero attached hydrogens (tertiary/aromatic N) is 4. The summed E-state index contributed by atoms with van der Waals surface area (Å²) in [6.45, 7) is 0. The van der Waals surface area contributed by atoms with Crippen LogP contribution in [0.25, 0.3) is 121 Å². The summed E-state index contributed by atoms with van der Waals surface area (Å²) in [6.07, 6.45) is 0. The van der Waals surface area contributed by atoms with Crippen LogP contribution in [0, 0.1) is 0 Å². The van der Waals surface area contributed by atoms with Crippen LogP contribution in [-0.4, -0.2) is 18.9 Å². The lowest BCUT2D eigenvalue weighted by Crippen LogP contribution is -2.04. The summed E-state index contributed by atoms with van der Waals surface area (Å²) in [7, 11) is 0. The Balaban J connectivity index is 1.14. The van der Waals surface area contributed by atoms with Gasteiger partial charge in [-0.3, -0.25) is 4.57 Å². The lowest BCUT2D eigenvalue weighted by atomic mass is 9.92. The van der Waals surface area contributed by atoms with Crippen LogP contribution >= 0.6 is 0 Å². The molecule has 0 spiro atoms. The maximum absolute atomic E-state index is 5.59. The predicted octanol–water partition coefficient (Wildman–Crippen LogP) is 14.0. The van der Waals surface area contributed by atoms with Gasteiger partial charge in [-0.25, -0.2) is 9.97 Å². The minimum absolute atomic E-state index is 0.655. The Morgan fingerprint density at radius 2 is 0.862 bits per heavy atom. The number of benzene rings is 9. The molecule has 0 aliphatic rings. The van der Waals surface area contributed by atoms with Gasteiger partial charge in [0.05, 0.1) is 38.8 Å². The third-order valence-corrected chi connectivity index (χ3v) is 12.3.